The number of aromatic nitrogens is 2. The number of ether oxygens (including phenoxy) is 1. The molecule has 6 nitrogen and oxygen atoms in total. The Bertz CT molecular complexity index is 820. The molecule has 0 radical (unpaired) electrons. The number of benzene rings is 1. The van der Waals surface area contributed by atoms with Gasteiger partial charge in [-0.25, -0.2) is 0 Å². The molecule has 0 amide bonds. The molecule has 24 heavy (non-hydrogen) atoms. The van der Waals surface area contributed by atoms with E-state index in [1.807, 2.05) is 25.3 Å². The van der Waals surface area contributed by atoms with Gasteiger partial charge < -0.3 is 9.84 Å². The van der Waals surface area contributed by atoms with Gasteiger partial charge in [0.15, 0.2) is 5.78 Å². The molecule has 6 heteroatoms. The third-order valence-electron chi connectivity index (χ3n) is 4.01. The largest absolute Gasteiger partial charge is 0.493 e. The maximum atomic E-state index is 12.5. The number of fused-ring (bicyclic) bond motifs is 1. The highest BCUT2D eigenvalue weighted by Gasteiger charge is 2.24. The van der Waals surface area contributed by atoms with Crippen LogP contribution in [0.1, 0.15) is 34.5 Å². The predicted molar refractivity (Wildman–Crippen MR) is 88.0 cm³/mol. The molecule has 0 spiro atoms. The third-order valence-corrected chi connectivity index (χ3v) is 4.01. The zero-order valence-electron chi connectivity index (χ0n) is 13.4. The van der Waals surface area contributed by atoms with Crippen LogP contribution in [-0.2, 0) is 18.3 Å². The molecule has 1 N–H and O–H groups in total. The molecule has 1 aliphatic carbocycles. The molecular formula is C18H18N2O4. The SMILES string of the molecule is Cn1ncc2c1CC/C(=C\c1cccc(OCCC(=O)O)c1)C2=O. The zero-order valence-corrected chi connectivity index (χ0v) is 13.4. The standard InChI is InChI=1S/C18H18N2O4/c1-20-16-6-5-13(18(23)15(16)11-19-20)9-12-3-2-4-14(10-12)24-8-7-17(21)22/h2-4,9-11H,5-8H2,1H3,(H,21,22)/b13-9+. The van der Waals surface area contributed by atoms with Crippen LogP contribution in [0.2, 0.25) is 0 Å². The Morgan fingerprint density at radius 2 is 2.25 bits per heavy atom. The summed E-state index contributed by atoms with van der Waals surface area (Å²) in [5, 5.41) is 12.8. The number of carbonyl (C=O) groups excluding carboxylic acids is 1. The number of carbonyl (C=O) groups is 2. The van der Waals surface area contributed by atoms with Crippen LogP contribution in [0.3, 0.4) is 0 Å². The van der Waals surface area contributed by atoms with Gasteiger partial charge in [-0.3, -0.25) is 14.3 Å². The number of nitrogens with zero attached hydrogens (tertiary/aromatic N) is 2. The average Bonchev–Trinajstić information content (AvgIpc) is 2.92. The fraction of sp³-hybridized carbons (Fsp3) is 0.278. The number of Topliss-reactive ketones (excluding diaryl/α,β-unsaturated/α-hetero) is 1. The lowest BCUT2D eigenvalue weighted by Gasteiger charge is -2.14. The van der Waals surface area contributed by atoms with Gasteiger partial charge in [-0.2, -0.15) is 5.10 Å². The van der Waals surface area contributed by atoms with E-state index in [0.29, 0.717) is 17.7 Å². The molecule has 1 aromatic carbocycles. The van der Waals surface area contributed by atoms with Gasteiger partial charge in [0.1, 0.15) is 5.75 Å². The van der Waals surface area contributed by atoms with Crippen LogP contribution in [0.5, 0.6) is 5.75 Å². The van der Waals surface area contributed by atoms with Crippen molar-refractivity contribution in [1.29, 1.82) is 0 Å². The molecule has 1 heterocycles. The molecule has 1 aliphatic rings. The lowest BCUT2D eigenvalue weighted by atomic mass is 9.90. The molecule has 0 saturated heterocycles. The van der Waals surface area contributed by atoms with Crippen molar-refractivity contribution in [2.75, 3.05) is 6.61 Å². The third kappa shape index (κ3) is 3.37. The highest BCUT2D eigenvalue weighted by molar-refractivity contribution is 6.12. The fourth-order valence-corrected chi connectivity index (χ4v) is 2.78. The maximum Gasteiger partial charge on any atom is 0.306 e. The predicted octanol–water partition coefficient (Wildman–Crippen LogP) is 2.49. The molecule has 3 rings (SSSR count). The van der Waals surface area contributed by atoms with E-state index in [2.05, 4.69) is 5.10 Å². The number of carboxylic acids is 1. The lowest BCUT2D eigenvalue weighted by molar-refractivity contribution is -0.137. The summed E-state index contributed by atoms with van der Waals surface area (Å²) in [6.07, 6.45) is 4.90. The van der Waals surface area contributed by atoms with E-state index < -0.39 is 5.97 Å². The van der Waals surface area contributed by atoms with E-state index in [9.17, 15) is 9.59 Å². The number of allylic oxidation sites excluding steroid dienone is 1. The van der Waals surface area contributed by atoms with Crippen LogP contribution in [0.4, 0.5) is 0 Å². The monoisotopic (exact) mass is 326 g/mol. The molecule has 0 fully saturated rings. The summed E-state index contributed by atoms with van der Waals surface area (Å²) in [5.74, 6) is -0.286. The van der Waals surface area contributed by atoms with Crippen molar-refractivity contribution in [3.63, 3.8) is 0 Å². The number of hydrogen-bond donors (Lipinski definition) is 1. The Balaban J connectivity index is 1.77. The first kappa shape index (κ1) is 16.0. The molecule has 0 bridgehead atoms. The molecule has 0 unspecified atom stereocenters. The van der Waals surface area contributed by atoms with E-state index in [1.165, 1.54) is 0 Å². The van der Waals surface area contributed by atoms with Crippen LogP contribution in [0.15, 0.2) is 36.0 Å². The van der Waals surface area contributed by atoms with Gasteiger partial charge in [-0.1, -0.05) is 12.1 Å². The van der Waals surface area contributed by atoms with Crippen molar-refractivity contribution in [1.82, 2.24) is 9.78 Å². The second kappa shape index (κ2) is 6.70. The smallest absolute Gasteiger partial charge is 0.306 e. The number of carboxylic acid groups (broad SMARTS) is 1. The number of aryl methyl sites for hydroxylation is 1. The van der Waals surface area contributed by atoms with E-state index in [1.54, 1.807) is 23.0 Å². The lowest BCUT2D eigenvalue weighted by Crippen LogP contribution is -2.14. The second-order valence-corrected chi connectivity index (χ2v) is 5.69. The Morgan fingerprint density at radius 3 is 3.04 bits per heavy atom. The van der Waals surface area contributed by atoms with Crippen molar-refractivity contribution in [3.8, 4) is 5.75 Å². The van der Waals surface area contributed by atoms with Crippen LogP contribution >= 0.6 is 0 Å². The quantitative estimate of drug-likeness (QED) is 0.854. The number of ketones is 1. The van der Waals surface area contributed by atoms with Gasteiger partial charge in [-0.05, 0) is 36.6 Å². The number of hydrogen-bond acceptors (Lipinski definition) is 4. The van der Waals surface area contributed by atoms with E-state index in [0.717, 1.165) is 23.3 Å². The van der Waals surface area contributed by atoms with Gasteiger partial charge in [0.25, 0.3) is 0 Å². The normalized spacial score (nSPS) is 15.4. The highest BCUT2D eigenvalue weighted by Crippen LogP contribution is 2.27. The Kier molecular flexibility index (Phi) is 4.46. The minimum absolute atomic E-state index is 0.0153. The summed E-state index contributed by atoms with van der Waals surface area (Å²) in [6, 6.07) is 7.29. The van der Waals surface area contributed by atoms with Gasteiger partial charge >= 0.3 is 5.97 Å². The summed E-state index contributed by atoms with van der Waals surface area (Å²) in [7, 11) is 1.85. The van der Waals surface area contributed by atoms with E-state index in [-0.39, 0.29) is 18.8 Å². The fourth-order valence-electron chi connectivity index (χ4n) is 2.78. The average molecular weight is 326 g/mol. The molecule has 124 valence electrons. The maximum absolute atomic E-state index is 12.5. The highest BCUT2D eigenvalue weighted by atomic mass is 16.5. The summed E-state index contributed by atoms with van der Waals surface area (Å²) < 4.78 is 7.18. The Hall–Kier alpha value is -2.89. The van der Waals surface area contributed by atoms with Crippen LogP contribution in [0, 0.1) is 0 Å². The molecular weight excluding hydrogens is 308 g/mol. The van der Waals surface area contributed by atoms with E-state index >= 15 is 0 Å². The summed E-state index contributed by atoms with van der Waals surface area (Å²) in [4.78, 5) is 23.1. The first-order valence-corrected chi connectivity index (χ1v) is 7.75. The molecule has 0 saturated carbocycles. The van der Waals surface area contributed by atoms with Gasteiger partial charge in [0, 0.05) is 18.3 Å². The first-order chi connectivity index (χ1) is 11.5. The van der Waals surface area contributed by atoms with Crippen molar-refractivity contribution in [2.24, 2.45) is 7.05 Å². The Labute approximate surface area is 139 Å². The summed E-state index contributed by atoms with van der Waals surface area (Å²) in [5.41, 5.74) is 3.25. The van der Waals surface area contributed by atoms with Crippen LogP contribution in [-0.4, -0.2) is 33.2 Å². The number of rotatable bonds is 5. The van der Waals surface area contributed by atoms with E-state index in [4.69, 9.17) is 9.84 Å². The number of aliphatic carboxylic acids is 1. The van der Waals surface area contributed by atoms with Crippen molar-refractivity contribution < 1.29 is 19.4 Å². The minimum atomic E-state index is -0.895. The van der Waals surface area contributed by atoms with Crippen LogP contribution < -0.4 is 4.74 Å². The zero-order chi connectivity index (χ0) is 17.1. The van der Waals surface area contributed by atoms with Crippen LogP contribution in [0.25, 0.3) is 6.08 Å². The minimum Gasteiger partial charge on any atom is -0.493 e. The molecule has 0 atom stereocenters. The summed E-state index contributed by atoms with van der Waals surface area (Å²) in [6.45, 7) is 0.118. The van der Waals surface area contributed by atoms with Crippen molar-refractivity contribution in [2.45, 2.75) is 19.3 Å². The van der Waals surface area contributed by atoms with Crippen molar-refractivity contribution in [3.05, 3.63) is 52.9 Å². The van der Waals surface area contributed by atoms with Crippen molar-refractivity contribution >= 4 is 17.8 Å². The van der Waals surface area contributed by atoms with Gasteiger partial charge in [0.2, 0.25) is 0 Å². The topological polar surface area (TPSA) is 81.4 Å². The van der Waals surface area contributed by atoms with Gasteiger partial charge in [0.05, 0.1) is 24.8 Å². The molecule has 1 aromatic heterocycles. The molecule has 0 aliphatic heterocycles. The first-order valence-electron chi connectivity index (χ1n) is 7.75. The molecule has 2 aromatic rings. The van der Waals surface area contributed by atoms with Gasteiger partial charge in [-0.15, -0.1) is 0 Å². The Morgan fingerprint density at radius 1 is 1.42 bits per heavy atom. The summed E-state index contributed by atoms with van der Waals surface area (Å²) >= 11 is 0. The second-order valence-electron chi connectivity index (χ2n) is 5.69.